The van der Waals surface area contributed by atoms with Crippen molar-refractivity contribution in [3.8, 4) is 11.5 Å². The van der Waals surface area contributed by atoms with E-state index >= 15 is 0 Å². The van der Waals surface area contributed by atoms with Gasteiger partial charge in [0, 0.05) is 18.2 Å². The molecule has 4 rings (SSSR count). The van der Waals surface area contributed by atoms with Gasteiger partial charge in [-0.2, -0.15) is 0 Å². The van der Waals surface area contributed by atoms with E-state index < -0.39 is 26.0 Å². The minimum atomic E-state index is -3.86. The van der Waals surface area contributed by atoms with Crippen LogP contribution in [-0.4, -0.2) is 47.0 Å². The molecule has 9 nitrogen and oxygen atoms in total. The number of amides is 1. The lowest BCUT2D eigenvalue weighted by Gasteiger charge is -2.31. The number of ether oxygens (including phenoxy) is 1. The molecule has 0 spiro atoms. The predicted molar refractivity (Wildman–Crippen MR) is 141 cm³/mol. The first-order valence-corrected chi connectivity index (χ1v) is 15.1. The Hall–Kier alpha value is -3.41. The Balaban J connectivity index is 1.25. The summed E-state index contributed by atoms with van der Waals surface area (Å²) in [5.74, 6) is 0.443. The maximum Gasteiger partial charge on any atom is 0.264 e. The van der Waals surface area contributed by atoms with Crippen LogP contribution in [-0.2, 0) is 31.4 Å². The van der Waals surface area contributed by atoms with Gasteiger partial charge in [0.05, 0.1) is 11.2 Å². The van der Waals surface area contributed by atoms with Crippen molar-refractivity contribution in [2.75, 3.05) is 24.1 Å². The number of piperidine rings is 1. The maximum absolute atomic E-state index is 12.6. The van der Waals surface area contributed by atoms with Crippen LogP contribution >= 0.6 is 0 Å². The summed E-state index contributed by atoms with van der Waals surface area (Å²) >= 11 is 0. The molecule has 1 aliphatic rings. The van der Waals surface area contributed by atoms with Crippen LogP contribution < -0.4 is 14.2 Å². The molecule has 0 aromatic heterocycles. The van der Waals surface area contributed by atoms with Gasteiger partial charge in [0.2, 0.25) is 15.9 Å². The number of nitrogens with one attached hydrogen (secondary N) is 2. The minimum absolute atomic E-state index is 0.0779. The predicted octanol–water partition coefficient (Wildman–Crippen LogP) is 3.57. The van der Waals surface area contributed by atoms with Crippen molar-refractivity contribution in [1.82, 2.24) is 9.62 Å². The van der Waals surface area contributed by atoms with Crippen molar-refractivity contribution in [3.05, 3.63) is 84.4 Å². The molecule has 0 aliphatic carbocycles. The van der Waals surface area contributed by atoms with Gasteiger partial charge in [0.15, 0.2) is 0 Å². The second-order valence-corrected chi connectivity index (χ2v) is 12.4. The second kappa shape index (κ2) is 11.3. The summed E-state index contributed by atoms with van der Waals surface area (Å²) in [4.78, 5) is 14.9. The van der Waals surface area contributed by atoms with E-state index in [2.05, 4.69) is 14.3 Å². The van der Waals surface area contributed by atoms with E-state index in [-0.39, 0.29) is 10.8 Å². The zero-order valence-corrected chi connectivity index (χ0v) is 22.0. The van der Waals surface area contributed by atoms with Gasteiger partial charge in [-0.1, -0.05) is 30.3 Å². The Morgan fingerprint density at radius 3 is 2.00 bits per heavy atom. The molecule has 0 radical (unpaired) electrons. The highest BCUT2D eigenvalue weighted by Crippen LogP contribution is 2.25. The van der Waals surface area contributed by atoms with Crippen LogP contribution in [0.2, 0.25) is 0 Å². The largest absolute Gasteiger partial charge is 0.457 e. The maximum atomic E-state index is 12.6. The number of carbonyl (C=O) groups is 1. The average molecular weight is 544 g/mol. The molecule has 0 unspecified atom stereocenters. The number of anilines is 1. The molecule has 3 aromatic rings. The molecule has 196 valence electrons. The number of carbonyl (C=O) groups excluding carboxylic acids is 1. The summed E-state index contributed by atoms with van der Waals surface area (Å²) in [6.07, 6.45) is 2.26. The van der Waals surface area contributed by atoms with Gasteiger partial charge in [0.1, 0.15) is 11.5 Å². The Kier molecular flexibility index (Phi) is 8.16. The molecule has 0 bridgehead atoms. The van der Waals surface area contributed by atoms with Gasteiger partial charge in [-0.3, -0.25) is 14.4 Å². The van der Waals surface area contributed by atoms with Gasteiger partial charge in [-0.25, -0.2) is 21.6 Å². The second-order valence-electron chi connectivity index (χ2n) is 8.98. The fourth-order valence-corrected chi connectivity index (χ4v) is 5.72. The Morgan fingerprint density at radius 1 is 0.865 bits per heavy atom. The molecule has 0 atom stereocenters. The van der Waals surface area contributed by atoms with E-state index in [4.69, 9.17) is 4.74 Å². The van der Waals surface area contributed by atoms with Crippen molar-refractivity contribution >= 4 is 31.6 Å². The van der Waals surface area contributed by atoms with E-state index in [1.54, 1.807) is 42.5 Å². The lowest BCUT2D eigenvalue weighted by Crippen LogP contribution is -2.42. The molecule has 3 aromatic carbocycles. The summed E-state index contributed by atoms with van der Waals surface area (Å²) in [6.45, 7) is 2.09. The monoisotopic (exact) mass is 543 g/mol. The van der Waals surface area contributed by atoms with Crippen LogP contribution in [0, 0.1) is 5.92 Å². The summed E-state index contributed by atoms with van der Waals surface area (Å²) in [7, 11) is -7.19. The first kappa shape index (κ1) is 26.6. The van der Waals surface area contributed by atoms with Crippen LogP contribution in [0.15, 0.2) is 83.8 Å². The van der Waals surface area contributed by atoms with Crippen LogP contribution in [0.25, 0.3) is 0 Å². The quantitative estimate of drug-likeness (QED) is 0.423. The molecule has 1 aliphatic heterocycles. The van der Waals surface area contributed by atoms with Crippen molar-refractivity contribution in [3.63, 3.8) is 0 Å². The fourth-order valence-electron chi connectivity index (χ4n) is 4.09. The zero-order chi connectivity index (χ0) is 26.5. The average Bonchev–Trinajstić information content (AvgIpc) is 2.86. The van der Waals surface area contributed by atoms with E-state index in [0.717, 1.165) is 11.8 Å². The van der Waals surface area contributed by atoms with Gasteiger partial charge in [0.25, 0.3) is 10.0 Å². The third kappa shape index (κ3) is 7.78. The summed E-state index contributed by atoms with van der Waals surface area (Å²) in [6, 6.07) is 22.2. The highest BCUT2D eigenvalue weighted by Gasteiger charge is 2.28. The molecule has 1 heterocycles. The lowest BCUT2D eigenvalue weighted by molar-refractivity contribution is -0.124. The number of rotatable bonds is 9. The van der Waals surface area contributed by atoms with E-state index in [1.807, 2.05) is 24.3 Å². The number of likely N-dealkylation sites (tertiary alicyclic amines) is 1. The van der Waals surface area contributed by atoms with Crippen LogP contribution in [0.4, 0.5) is 5.69 Å². The van der Waals surface area contributed by atoms with E-state index in [0.29, 0.717) is 49.7 Å². The van der Waals surface area contributed by atoms with Gasteiger partial charge in [-0.05, 0) is 80.0 Å². The number of nitrogens with zero attached hydrogens (tertiary/aromatic N) is 1. The SMILES string of the molecule is CS(=O)(=O)Nc1ccc(Oc2ccc(CN3CCC(C(=O)NS(=O)(=O)c4ccccc4)CC3)cc2)cc1. The summed E-state index contributed by atoms with van der Waals surface area (Å²) in [5.41, 5.74) is 1.55. The van der Waals surface area contributed by atoms with Crippen LogP contribution in [0.5, 0.6) is 11.5 Å². The molecular formula is C26H29N3O6S2. The minimum Gasteiger partial charge on any atom is -0.457 e. The highest BCUT2D eigenvalue weighted by molar-refractivity contribution is 7.92. The molecule has 1 saturated heterocycles. The molecule has 1 fully saturated rings. The Morgan fingerprint density at radius 2 is 1.43 bits per heavy atom. The third-order valence-electron chi connectivity index (χ3n) is 5.97. The molecule has 37 heavy (non-hydrogen) atoms. The molecular weight excluding hydrogens is 514 g/mol. The Bertz CT molecular complexity index is 1420. The normalized spacial score (nSPS) is 15.2. The van der Waals surface area contributed by atoms with Crippen molar-refractivity contribution in [1.29, 1.82) is 0 Å². The number of hydrogen-bond donors (Lipinski definition) is 2. The first-order chi connectivity index (χ1) is 17.6. The molecule has 2 N–H and O–H groups in total. The van der Waals surface area contributed by atoms with Crippen LogP contribution in [0.3, 0.4) is 0 Å². The zero-order valence-electron chi connectivity index (χ0n) is 20.3. The van der Waals surface area contributed by atoms with E-state index in [9.17, 15) is 21.6 Å². The highest BCUT2D eigenvalue weighted by atomic mass is 32.2. The van der Waals surface area contributed by atoms with Gasteiger partial charge in [-0.15, -0.1) is 0 Å². The Labute approximate surface area is 217 Å². The van der Waals surface area contributed by atoms with Crippen molar-refractivity contribution in [2.24, 2.45) is 5.92 Å². The van der Waals surface area contributed by atoms with Crippen LogP contribution in [0.1, 0.15) is 18.4 Å². The molecule has 11 heteroatoms. The summed E-state index contributed by atoms with van der Waals surface area (Å²) < 4.78 is 57.9. The molecule has 0 saturated carbocycles. The number of hydrogen-bond acceptors (Lipinski definition) is 7. The first-order valence-electron chi connectivity index (χ1n) is 11.8. The van der Waals surface area contributed by atoms with Gasteiger partial charge >= 0.3 is 0 Å². The smallest absolute Gasteiger partial charge is 0.264 e. The lowest BCUT2D eigenvalue weighted by atomic mass is 9.96. The molecule has 1 amide bonds. The van der Waals surface area contributed by atoms with E-state index in [1.165, 1.54) is 12.1 Å². The topological polar surface area (TPSA) is 122 Å². The van der Waals surface area contributed by atoms with Crippen molar-refractivity contribution in [2.45, 2.75) is 24.3 Å². The fraction of sp³-hybridized carbons (Fsp3) is 0.269. The van der Waals surface area contributed by atoms with Gasteiger partial charge < -0.3 is 4.74 Å². The summed E-state index contributed by atoms with van der Waals surface area (Å²) in [5, 5.41) is 0. The van der Waals surface area contributed by atoms with Crippen molar-refractivity contribution < 1.29 is 26.4 Å². The number of sulfonamides is 2. The number of benzene rings is 3. The standard InChI is InChI=1S/C26H29N3O6S2/c1-36(31,32)27-22-9-13-24(14-10-22)35-23-11-7-20(8-12-23)19-29-17-15-21(16-18-29)26(30)28-37(33,34)25-5-3-2-4-6-25/h2-14,21,27H,15-19H2,1H3,(H,28,30). The third-order valence-corrected chi connectivity index (χ3v) is 7.94.